The maximum Gasteiger partial charge on any atom is 0.288 e. The van der Waals surface area contributed by atoms with Crippen LogP contribution in [-0.4, -0.2) is 27.6 Å². The minimum absolute atomic E-state index is 0.272. The zero-order valence-electron chi connectivity index (χ0n) is 10.1. The molecule has 0 aliphatic carbocycles. The Hall–Kier alpha value is -1.54. The molecule has 18 heavy (non-hydrogen) atoms. The molecule has 0 bridgehead atoms. The minimum atomic E-state index is -0.272. The van der Waals surface area contributed by atoms with Gasteiger partial charge in [-0.05, 0) is 13.3 Å². The van der Waals surface area contributed by atoms with Crippen molar-refractivity contribution in [3.8, 4) is 0 Å². The van der Waals surface area contributed by atoms with Crippen molar-refractivity contribution in [3.63, 3.8) is 0 Å². The van der Waals surface area contributed by atoms with Gasteiger partial charge < -0.3 is 5.32 Å². The largest absolute Gasteiger partial charge is 0.360 e. The summed E-state index contributed by atoms with van der Waals surface area (Å²) in [5.41, 5.74) is 0. The second-order valence-electron chi connectivity index (χ2n) is 3.57. The average molecular weight is 283 g/mol. The SMILES string of the molecule is CCCNc1nnc(C(=O)Nc2ncc(C)s2)s1. The van der Waals surface area contributed by atoms with Gasteiger partial charge in [-0.2, -0.15) is 0 Å². The Labute approximate surface area is 112 Å². The van der Waals surface area contributed by atoms with E-state index >= 15 is 0 Å². The van der Waals surface area contributed by atoms with Gasteiger partial charge in [-0.25, -0.2) is 4.98 Å². The highest BCUT2D eigenvalue weighted by Gasteiger charge is 2.14. The minimum Gasteiger partial charge on any atom is -0.360 e. The van der Waals surface area contributed by atoms with E-state index in [0.717, 1.165) is 17.8 Å². The predicted molar refractivity (Wildman–Crippen MR) is 73.5 cm³/mol. The van der Waals surface area contributed by atoms with Gasteiger partial charge in [0.15, 0.2) is 5.13 Å². The molecule has 0 aliphatic rings. The number of amides is 1. The highest BCUT2D eigenvalue weighted by Crippen LogP contribution is 2.20. The normalized spacial score (nSPS) is 10.3. The maximum absolute atomic E-state index is 11.8. The van der Waals surface area contributed by atoms with E-state index in [1.165, 1.54) is 22.7 Å². The van der Waals surface area contributed by atoms with Crippen molar-refractivity contribution >= 4 is 38.8 Å². The van der Waals surface area contributed by atoms with E-state index in [1.54, 1.807) is 6.20 Å². The molecule has 0 fully saturated rings. The first kappa shape index (κ1) is 12.9. The summed E-state index contributed by atoms with van der Waals surface area (Å²) < 4.78 is 0. The van der Waals surface area contributed by atoms with Crippen LogP contribution in [0.25, 0.3) is 0 Å². The number of anilines is 2. The maximum atomic E-state index is 11.8. The summed E-state index contributed by atoms with van der Waals surface area (Å²) in [5.74, 6) is -0.272. The smallest absolute Gasteiger partial charge is 0.288 e. The number of hydrogen-bond donors (Lipinski definition) is 2. The van der Waals surface area contributed by atoms with Crippen molar-refractivity contribution in [2.45, 2.75) is 20.3 Å². The molecule has 6 nitrogen and oxygen atoms in total. The van der Waals surface area contributed by atoms with E-state index < -0.39 is 0 Å². The molecule has 0 atom stereocenters. The van der Waals surface area contributed by atoms with Crippen molar-refractivity contribution in [1.29, 1.82) is 0 Å². The number of thiazole rings is 1. The highest BCUT2D eigenvalue weighted by molar-refractivity contribution is 7.17. The number of hydrogen-bond acceptors (Lipinski definition) is 7. The molecule has 0 radical (unpaired) electrons. The summed E-state index contributed by atoms with van der Waals surface area (Å²) in [6.45, 7) is 4.82. The van der Waals surface area contributed by atoms with Crippen LogP contribution in [0.4, 0.5) is 10.3 Å². The van der Waals surface area contributed by atoms with Gasteiger partial charge in [0, 0.05) is 17.6 Å². The summed E-state index contributed by atoms with van der Waals surface area (Å²) >= 11 is 2.67. The number of carbonyl (C=O) groups is 1. The van der Waals surface area contributed by atoms with E-state index in [2.05, 4.69) is 32.7 Å². The molecular formula is C10H13N5OS2. The van der Waals surface area contributed by atoms with Gasteiger partial charge in [0.1, 0.15) is 0 Å². The van der Waals surface area contributed by atoms with Crippen molar-refractivity contribution in [1.82, 2.24) is 15.2 Å². The highest BCUT2D eigenvalue weighted by atomic mass is 32.1. The van der Waals surface area contributed by atoms with Gasteiger partial charge >= 0.3 is 0 Å². The van der Waals surface area contributed by atoms with Crippen LogP contribution in [0.1, 0.15) is 28.0 Å². The lowest BCUT2D eigenvalue weighted by Gasteiger charge is -1.96. The van der Waals surface area contributed by atoms with Crippen molar-refractivity contribution < 1.29 is 4.79 Å². The molecule has 0 unspecified atom stereocenters. The van der Waals surface area contributed by atoms with Gasteiger partial charge in [0.25, 0.3) is 5.91 Å². The molecule has 1 amide bonds. The van der Waals surface area contributed by atoms with E-state index in [4.69, 9.17) is 0 Å². The lowest BCUT2D eigenvalue weighted by atomic mass is 10.5. The van der Waals surface area contributed by atoms with Crippen LogP contribution >= 0.6 is 22.7 Å². The topological polar surface area (TPSA) is 79.8 Å². The van der Waals surface area contributed by atoms with Crippen molar-refractivity contribution in [3.05, 3.63) is 16.1 Å². The molecule has 0 aliphatic heterocycles. The van der Waals surface area contributed by atoms with Crippen molar-refractivity contribution in [2.24, 2.45) is 0 Å². The third kappa shape index (κ3) is 3.23. The molecule has 8 heteroatoms. The van der Waals surface area contributed by atoms with Crippen LogP contribution in [0.3, 0.4) is 0 Å². The molecule has 2 heterocycles. The lowest BCUT2D eigenvalue weighted by molar-refractivity contribution is 0.102. The Morgan fingerprint density at radius 2 is 2.17 bits per heavy atom. The lowest BCUT2D eigenvalue weighted by Crippen LogP contribution is -2.11. The second-order valence-corrected chi connectivity index (χ2v) is 5.78. The molecule has 2 rings (SSSR count). The first-order chi connectivity index (χ1) is 8.69. The van der Waals surface area contributed by atoms with E-state index in [9.17, 15) is 4.79 Å². The fourth-order valence-corrected chi connectivity index (χ4v) is 2.51. The summed E-state index contributed by atoms with van der Waals surface area (Å²) in [5, 5.41) is 15.1. The van der Waals surface area contributed by atoms with Crippen LogP contribution in [0.2, 0.25) is 0 Å². The summed E-state index contributed by atoms with van der Waals surface area (Å²) in [6, 6.07) is 0. The Morgan fingerprint density at radius 1 is 1.33 bits per heavy atom. The predicted octanol–water partition coefficient (Wildman–Crippen LogP) is 2.38. The Bertz CT molecular complexity index is 536. The zero-order valence-corrected chi connectivity index (χ0v) is 11.7. The van der Waals surface area contributed by atoms with Crippen LogP contribution < -0.4 is 10.6 Å². The van der Waals surface area contributed by atoms with E-state index in [1.807, 2.05) is 6.92 Å². The Balaban J connectivity index is 1.98. The molecule has 0 aromatic carbocycles. The quantitative estimate of drug-likeness (QED) is 0.880. The fraction of sp³-hybridized carbons (Fsp3) is 0.400. The first-order valence-corrected chi connectivity index (χ1v) is 7.13. The fourth-order valence-electron chi connectivity index (χ4n) is 1.18. The number of carbonyl (C=O) groups excluding carboxylic acids is 1. The number of rotatable bonds is 5. The average Bonchev–Trinajstić information content (AvgIpc) is 2.96. The molecule has 2 aromatic rings. The van der Waals surface area contributed by atoms with Crippen LogP contribution in [0, 0.1) is 6.92 Å². The Morgan fingerprint density at radius 3 is 2.83 bits per heavy atom. The summed E-state index contributed by atoms with van der Waals surface area (Å²) in [4.78, 5) is 17.0. The van der Waals surface area contributed by atoms with Gasteiger partial charge in [-0.3, -0.25) is 10.1 Å². The standard InChI is InChI=1S/C10H13N5OS2/c1-3-4-11-10-15-14-8(18-10)7(16)13-9-12-5-6(2)17-9/h5H,3-4H2,1-2H3,(H,11,15)(H,12,13,16). The number of aromatic nitrogens is 3. The monoisotopic (exact) mass is 283 g/mol. The zero-order chi connectivity index (χ0) is 13.0. The van der Waals surface area contributed by atoms with Gasteiger partial charge in [0.2, 0.25) is 10.1 Å². The third-order valence-corrected chi connectivity index (χ3v) is 3.70. The van der Waals surface area contributed by atoms with Gasteiger partial charge in [0.05, 0.1) is 0 Å². The molecular weight excluding hydrogens is 270 g/mol. The van der Waals surface area contributed by atoms with E-state index in [0.29, 0.717) is 15.3 Å². The molecule has 2 N–H and O–H groups in total. The summed E-state index contributed by atoms with van der Waals surface area (Å²) in [6.07, 6.45) is 2.72. The van der Waals surface area contributed by atoms with Crippen molar-refractivity contribution in [2.75, 3.05) is 17.2 Å². The number of nitrogens with one attached hydrogen (secondary N) is 2. The van der Waals surface area contributed by atoms with E-state index in [-0.39, 0.29) is 5.91 Å². The van der Waals surface area contributed by atoms with Crippen LogP contribution in [0.15, 0.2) is 6.20 Å². The first-order valence-electron chi connectivity index (χ1n) is 5.50. The molecule has 0 saturated heterocycles. The molecule has 0 saturated carbocycles. The van der Waals surface area contributed by atoms with Gasteiger partial charge in [-0.1, -0.05) is 18.3 Å². The van der Waals surface area contributed by atoms with Crippen LogP contribution in [-0.2, 0) is 0 Å². The molecule has 2 aromatic heterocycles. The third-order valence-electron chi connectivity index (χ3n) is 1.99. The van der Waals surface area contributed by atoms with Crippen LogP contribution in [0.5, 0.6) is 0 Å². The molecule has 96 valence electrons. The number of nitrogens with zero attached hydrogens (tertiary/aromatic N) is 3. The van der Waals surface area contributed by atoms with Gasteiger partial charge in [-0.15, -0.1) is 21.5 Å². The number of aryl methyl sites for hydroxylation is 1. The Kier molecular flexibility index (Phi) is 4.21. The second kappa shape index (κ2) is 5.87. The summed E-state index contributed by atoms with van der Waals surface area (Å²) in [7, 11) is 0. The molecule has 0 spiro atoms.